The third kappa shape index (κ3) is 4.99. The molecule has 0 fully saturated rings. The highest BCUT2D eigenvalue weighted by Gasteiger charge is 2.20. The molecule has 0 aliphatic carbocycles. The van der Waals surface area contributed by atoms with Crippen molar-refractivity contribution in [1.82, 2.24) is 15.3 Å². The number of carbonyl (C=O) groups is 2. The summed E-state index contributed by atoms with van der Waals surface area (Å²) in [6, 6.07) is 12.8. The van der Waals surface area contributed by atoms with Crippen LogP contribution in [0, 0.1) is 0 Å². The molecule has 0 atom stereocenters. The molecule has 0 spiro atoms. The molecular formula is C22H18N4O5S2. The van der Waals surface area contributed by atoms with Gasteiger partial charge in [0, 0.05) is 18.1 Å². The number of methoxy groups -OCH3 is 1. The second kappa shape index (κ2) is 9.35. The Labute approximate surface area is 193 Å². The molecular weight excluding hydrogens is 464 g/mol. The quantitative estimate of drug-likeness (QED) is 0.387. The van der Waals surface area contributed by atoms with Gasteiger partial charge in [-0.05, 0) is 35.9 Å². The zero-order valence-electron chi connectivity index (χ0n) is 17.3. The summed E-state index contributed by atoms with van der Waals surface area (Å²) < 4.78 is 33.6. The van der Waals surface area contributed by atoms with Crippen LogP contribution in [0.1, 0.15) is 25.6 Å². The smallest absolute Gasteiger partial charge is 0.337 e. The molecule has 0 radical (unpaired) electrons. The van der Waals surface area contributed by atoms with E-state index in [4.69, 9.17) is 4.74 Å². The van der Waals surface area contributed by atoms with Crippen LogP contribution in [-0.4, -0.2) is 37.4 Å². The molecule has 2 N–H and O–H groups in total. The van der Waals surface area contributed by atoms with Gasteiger partial charge in [-0.2, -0.15) is 0 Å². The maximum atomic E-state index is 13.2. The maximum absolute atomic E-state index is 13.2. The highest BCUT2D eigenvalue weighted by atomic mass is 32.2. The molecule has 4 aromatic rings. The number of fused-ring (bicyclic) bond motifs is 1. The first-order valence-electron chi connectivity index (χ1n) is 9.63. The van der Waals surface area contributed by atoms with Crippen molar-refractivity contribution in [2.75, 3.05) is 11.8 Å². The van der Waals surface area contributed by atoms with Crippen molar-refractivity contribution >= 4 is 49.8 Å². The van der Waals surface area contributed by atoms with E-state index in [1.165, 1.54) is 55.1 Å². The van der Waals surface area contributed by atoms with Gasteiger partial charge in [-0.3, -0.25) is 19.5 Å². The van der Waals surface area contributed by atoms with Crippen molar-refractivity contribution < 1.29 is 22.7 Å². The average Bonchev–Trinajstić information content (AvgIpc) is 3.36. The lowest BCUT2D eigenvalue weighted by atomic mass is 10.1. The number of carbonyl (C=O) groups excluding carboxylic acids is 2. The Bertz CT molecular complexity index is 1430. The van der Waals surface area contributed by atoms with Crippen LogP contribution in [0.5, 0.6) is 0 Å². The van der Waals surface area contributed by atoms with Gasteiger partial charge in [0.15, 0.2) is 0 Å². The van der Waals surface area contributed by atoms with E-state index >= 15 is 0 Å². The number of hydrogen-bond donors (Lipinski definition) is 2. The topological polar surface area (TPSA) is 127 Å². The van der Waals surface area contributed by atoms with Crippen LogP contribution < -0.4 is 10.0 Å². The number of benzene rings is 2. The largest absolute Gasteiger partial charge is 0.465 e. The number of anilines is 1. The van der Waals surface area contributed by atoms with Crippen molar-refractivity contribution in [1.29, 1.82) is 0 Å². The minimum absolute atomic E-state index is 0.00381. The monoisotopic (exact) mass is 482 g/mol. The Morgan fingerprint density at radius 3 is 2.70 bits per heavy atom. The van der Waals surface area contributed by atoms with Crippen molar-refractivity contribution in [3.8, 4) is 0 Å². The molecule has 0 bridgehead atoms. The number of esters is 1. The van der Waals surface area contributed by atoms with Gasteiger partial charge in [-0.25, -0.2) is 13.2 Å². The fourth-order valence-electron chi connectivity index (χ4n) is 3.19. The summed E-state index contributed by atoms with van der Waals surface area (Å²) in [6.07, 6.45) is 2.96. The van der Waals surface area contributed by atoms with Crippen LogP contribution in [0.2, 0.25) is 0 Å². The average molecular weight is 483 g/mol. The minimum atomic E-state index is -4.03. The highest BCUT2D eigenvalue weighted by molar-refractivity contribution is 7.93. The van der Waals surface area contributed by atoms with Crippen LogP contribution in [-0.2, 0) is 21.3 Å². The SMILES string of the molecule is COC(=O)c1cc(CNC(=O)c2cncs2)cc(NS(=O)(=O)c2cccc3cccnc23)c1. The molecule has 2 heterocycles. The first-order valence-corrected chi connectivity index (χ1v) is 12.0. The van der Waals surface area contributed by atoms with Crippen LogP contribution in [0.25, 0.3) is 10.9 Å². The summed E-state index contributed by atoms with van der Waals surface area (Å²) in [6.45, 7) is 0.0616. The van der Waals surface area contributed by atoms with E-state index in [0.717, 1.165) is 0 Å². The van der Waals surface area contributed by atoms with E-state index in [2.05, 4.69) is 20.0 Å². The fourth-order valence-corrected chi connectivity index (χ4v) is 4.95. The zero-order chi connectivity index (χ0) is 23.4. The van der Waals surface area contributed by atoms with E-state index in [0.29, 0.717) is 21.3 Å². The van der Waals surface area contributed by atoms with Gasteiger partial charge in [-0.15, -0.1) is 11.3 Å². The van der Waals surface area contributed by atoms with Gasteiger partial charge < -0.3 is 10.1 Å². The number of ether oxygens (including phenoxy) is 1. The normalized spacial score (nSPS) is 11.2. The third-order valence-electron chi connectivity index (χ3n) is 4.66. The number of thiazole rings is 1. The van der Waals surface area contributed by atoms with Crippen LogP contribution >= 0.6 is 11.3 Å². The zero-order valence-corrected chi connectivity index (χ0v) is 18.9. The summed E-state index contributed by atoms with van der Waals surface area (Å²) in [7, 11) is -2.80. The van der Waals surface area contributed by atoms with Gasteiger partial charge in [0.1, 0.15) is 9.77 Å². The third-order valence-corrected chi connectivity index (χ3v) is 6.85. The number of pyridine rings is 1. The number of nitrogens with one attached hydrogen (secondary N) is 2. The predicted octanol–water partition coefficient (Wildman–Crippen LogP) is 3.21. The first-order chi connectivity index (χ1) is 15.9. The molecule has 0 aliphatic rings. The van der Waals surface area contributed by atoms with Gasteiger partial charge in [-0.1, -0.05) is 18.2 Å². The van der Waals surface area contributed by atoms with E-state index in [9.17, 15) is 18.0 Å². The van der Waals surface area contributed by atoms with Gasteiger partial charge in [0.05, 0.1) is 35.6 Å². The number of para-hydroxylation sites is 1. The van der Waals surface area contributed by atoms with E-state index < -0.39 is 16.0 Å². The molecule has 2 aromatic heterocycles. The summed E-state index contributed by atoms with van der Waals surface area (Å²) in [5, 5.41) is 3.40. The van der Waals surface area contributed by atoms with Gasteiger partial charge >= 0.3 is 5.97 Å². The Kier molecular flexibility index (Phi) is 6.33. The molecule has 33 heavy (non-hydrogen) atoms. The maximum Gasteiger partial charge on any atom is 0.337 e. The summed E-state index contributed by atoms with van der Waals surface area (Å²) in [5.41, 5.74) is 2.66. The number of nitrogens with zero attached hydrogens (tertiary/aromatic N) is 2. The molecule has 0 saturated carbocycles. The lowest BCUT2D eigenvalue weighted by molar-refractivity contribution is 0.0600. The second-order valence-corrected chi connectivity index (χ2v) is 9.43. The molecule has 0 unspecified atom stereocenters. The Morgan fingerprint density at radius 2 is 1.94 bits per heavy atom. The van der Waals surface area contributed by atoms with Crippen LogP contribution in [0.3, 0.4) is 0 Å². The highest BCUT2D eigenvalue weighted by Crippen LogP contribution is 2.25. The van der Waals surface area contributed by atoms with Crippen LogP contribution in [0.4, 0.5) is 5.69 Å². The Balaban J connectivity index is 1.65. The second-order valence-electron chi connectivity index (χ2n) is 6.90. The number of aromatic nitrogens is 2. The van der Waals surface area contributed by atoms with Crippen LogP contribution in [0.15, 0.2) is 71.3 Å². The van der Waals surface area contributed by atoms with E-state index in [-0.39, 0.29) is 28.6 Å². The van der Waals surface area contributed by atoms with Crippen molar-refractivity contribution in [3.63, 3.8) is 0 Å². The minimum Gasteiger partial charge on any atom is -0.465 e. The molecule has 11 heteroatoms. The fraction of sp³-hybridized carbons (Fsp3) is 0.0909. The lowest BCUT2D eigenvalue weighted by Gasteiger charge is -2.13. The lowest BCUT2D eigenvalue weighted by Crippen LogP contribution is -2.22. The molecule has 4 rings (SSSR count). The molecule has 2 aromatic carbocycles. The van der Waals surface area contributed by atoms with Crippen molar-refractivity contribution in [2.45, 2.75) is 11.4 Å². The standard InChI is InChI=1S/C22H18N4O5S2/c1-31-22(28)16-8-14(11-25-21(27)18-12-23-13-32-18)9-17(10-16)26-33(29,30)19-6-2-4-15-5-3-7-24-20(15)19/h2-10,12-13,26H,11H2,1H3,(H,25,27). The molecule has 1 amide bonds. The number of sulfonamides is 1. The Hall–Kier alpha value is -3.83. The van der Waals surface area contributed by atoms with Gasteiger partial charge in [0.2, 0.25) is 0 Å². The van der Waals surface area contributed by atoms with E-state index in [1.54, 1.807) is 29.8 Å². The summed E-state index contributed by atoms with van der Waals surface area (Å²) in [4.78, 5) is 32.9. The first kappa shape index (κ1) is 22.4. The Morgan fingerprint density at radius 1 is 1.12 bits per heavy atom. The molecule has 168 valence electrons. The molecule has 9 nitrogen and oxygen atoms in total. The number of amides is 1. The molecule has 0 aliphatic heterocycles. The van der Waals surface area contributed by atoms with Crippen molar-refractivity contribution in [3.05, 3.63) is 82.4 Å². The number of hydrogen-bond acceptors (Lipinski definition) is 8. The number of rotatable bonds is 7. The predicted molar refractivity (Wildman–Crippen MR) is 124 cm³/mol. The van der Waals surface area contributed by atoms with E-state index in [1.807, 2.05) is 0 Å². The molecule has 0 saturated heterocycles. The summed E-state index contributed by atoms with van der Waals surface area (Å²) >= 11 is 1.19. The van der Waals surface area contributed by atoms with Gasteiger partial charge in [0.25, 0.3) is 15.9 Å². The van der Waals surface area contributed by atoms with Crippen molar-refractivity contribution in [2.24, 2.45) is 0 Å². The summed E-state index contributed by atoms with van der Waals surface area (Å²) in [5.74, 6) is -0.970.